The van der Waals surface area contributed by atoms with Crippen molar-refractivity contribution < 1.29 is 19.2 Å². The monoisotopic (exact) mass is 395 g/mol. The van der Waals surface area contributed by atoms with E-state index < -0.39 is 11.9 Å². The molecule has 2 fully saturated rings. The van der Waals surface area contributed by atoms with Gasteiger partial charge < -0.3 is 25.8 Å². The molecule has 0 aromatic carbocycles. The van der Waals surface area contributed by atoms with E-state index in [1.807, 2.05) is 13.8 Å². The number of carbonyl (C=O) groups excluding carboxylic acids is 4. The van der Waals surface area contributed by atoms with Gasteiger partial charge in [-0.3, -0.25) is 19.2 Å². The fourth-order valence-corrected chi connectivity index (χ4v) is 3.83. The summed E-state index contributed by atoms with van der Waals surface area (Å²) >= 11 is 0. The second-order valence-corrected chi connectivity index (χ2v) is 8.52. The molecule has 1 atom stereocenters. The molecule has 28 heavy (non-hydrogen) atoms. The number of hydrogen-bond donors (Lipinski definition) is 3. The van der Waals surface area contributed by atoms with Gasteiger partial charge in [-0.1, -0.05) is 13.8 Å². The predicted octanol–water partition coefficient (Wildman–Crippen LogP) is -1.07. The van der Waals surface area contributed by atoms with Gasteiger partial charge in [0.1, 0.15) is 6.04 Å². The molecule has 2 saturated heterocycles. The first-order chi connectivity index (χ1) is 13.2. The first-order valence-electron chi connectivity index (χ1n) is 9.95. The standard InChI is InChI=1S/C19H33N5O4/c1-14(2)8-15(22-16(26)9-20-13-25)18(28)21-10-17(27)24-11-19(12-24)4-6-23(3)7-5-19/h13-15H,4-12H2,1-3H3,(H,20,25)(H,21,28)(H,22,26). The number of carbonyl (C=O) groups is 4. The van der Waals surface area contributed by atoms with Crippen LogP contribution >= 0.6 is 0 Å². The Balaban J connectivity index is 1.77. The summed E-state index contributed by atoms with van der Waals surface area (Å²) in [6, 6.07) is -0.731. The molecule has 0 aromatic rings. The van der Waals surface area contributed by atoms with Gasteiger partial charge in [-0.25, -0.2) is 0 Å². The number of piperidine rings is 1. The van der Waals surface area contributed by atoms with E-state index in [0.29, 0.717) is 12.8 Å². The fraction of sp³-hybridized carbons (Fsp3) is 0.789. The zero-order valence-electron chi connectivity index (χ0n) is 17.1. The molecule has 1 unspecified atom stereocenters. The van der Waals surface area contributed by atoms with Crippen molar-refractivity contribution in [1.29, 1.82) is 0 Å². The summed E-state index contributed by atoms with van der Waals surface area (Å²) in [5.41, 5.74) is 0.256. The molecule has 3 N–H and O–H groups in total. The Labute approximate surface area is 166 Å². The van der Waals surface area contributed by atoms with Gasteiger partial charge in [-0.15, -0.1) is 0 Å². The molecule has 9 heteroatoms. The van der Waals surface area contributed by atoms with Crippen LogP contribution in [0.25, 0.3) is 0 Å². The van der Waals surface area contributed by atoms with Gasteiger partial charge in [0, 0.05) is 18.5 Å². The van der Waals surface area contributed by atoms with E-state index in [2.05, 4.69) is 27.9 Å². The van der Waals surface area contributed by atoms with Crippen molar-refractivity contribution in [3.8, 4) is 0 Å². The highest BCUT2D eigenvalue weighted by molar-refractivity contribution is 5.91. The smallest absolute Gasteiger partial charge is 0.243 e. The summed E-state index contributed by atoms with van der Waals surface area (Å²) in [4.78, 5) is 51.1. The van der Waals surface area contributed by atoms with E-state index in [0.717, 1.165) is 39.0 Å². The number of nitrogens with one attached hydrogen (secondary N) is 3. The third-order valence-electron chi connectivity index (χ3n) is 5.57. The van der Waals surface area contributed by atoms with Crippen molar-refractivity contribution in [3.05, 3.63) is 0 Å². The van der Waals surface area contributed by atoms with E-state index >= 15 is 0 Å². The van der Waals surface area contributed by atoms with Crippen LogP contribution in [0.15, 0.2) is 0 Å². The van der Waals surface area contributed by atoms with E-state index in [1.165, 1.54) is 0 Å². The number of rotatable bonds is 9. The Morgan fingerprint density at radius 1 is 1.11 bits per heavy atom. The molecule has 0 saturated carbocycles. The van der Waals surface area contributed by atoms with Gasteiger partial charge in [0.25, 0.3) is 0 Å². The maximum absolute atomic E-state index is 12.5. The number of nitrogens with zero attached hydrogens (tertiary/aromatic N) is 2. The molecule has 1 spiro atoms. The van der Waals surface area contributed by atoms with E-state index in [9.17, 15) is 19.2 Å². The summed E-state index contributed by atoms with van der Waals surface area (Å²) < 4.78 is 0. The SMILES string of the molecule is CC(C)CC(NC(=O)CNC=O)C(=O)NCC(=O)N1CC2(CCN(C)CC2)C1. The summed E-state index contributed by atoms with van der Waals surface area (Å²) in [6.45, 7) is 7.30. The van der Waals surface area contributed by atoms with E-state index in [4.69, 9.17) is 0 Å². The van der Waals surface area contributed by atoms with Crippen LogP contribution in [0.2, 0.25) is 0 Å². The predicted molar refractivity (Wildman–Crippen MR) is 104 cm³/mol. The molecule has 0 aliphatic carbocycles. The molecule has 2 rings (SSSR count). The highest BCUT2D eigenvalue weighted by atomic mass is 16.2. The Morgan fingerprint density at radius 2 is 1.75 bits per heavy atom. The minimum absolute atomic E-state index is 0.0636. The Bertz CT molecular complexity index is 579. The molecule has 158 valence electrons. The lowest BCUT2D eigenvalue weighted by molar-refractivity contribution is -0.146. The summed E-state index contributed by atoms with van der Waals surface area (Å²) in [7, 11) is 2.12. The zero-order valence-corrected chi connectivity index (χ0v) is 17.1. The molecule has 2 heterocycles. The molecule has 4 amide bonds. The van der Waals surface area contributed by atoms with Crippen LogP contribution < -0.4 is 16.0 Å². The summed E-state index contributed by atoms with van der Waals surface area (Å²) in [5.74, 6) is -0.720. The largest absolute Gasteiger partial charge is 0.350 e. The quantitative estimate of drug-likeness (QED) is 0.431. The second-order valence-electron chi connectivity index (χ2n) is 8.52. The first kappa shape index (κ1) is 22.1. The number of likely N-dealkylation sites (tertiary alicyclic amines) is 2. The summed E-state index contributed by atoms with van der Waals surface area (Å²) in [5, 5.41) is 7.54. The average Bonchev–Trinajstić information content (AvgIpc) is 2.62. The highest BCUT2D eigenvalue weighted by Crippen LogP contribution is 2.39. The lowest BCUT2D eigenvalue weighted by Crippen LogP contribution is -2.63. The third-order valence-corrected chi connectivity index (χ3v) is 5.57. The van der Waals surface area contributed by atoms with E-state index in [-0.39, 0.29) is 36.2 Å². The third kappa shape index (κ3) is 6.19. The van der Waals surface area contributed by atoms with Crippen LogP contribution in [-0.2, 0) is 19.2 Å². The van der Waals surface area contributed by atoms with Gasteiger partial charge in [-0.05, 0) is 45.3 Å². The molecular weight excluding hydrogens is 362 g/mol. The Kier molecular flexibility index (Phi) is 7.79. The van der Waals surface area contributed by atoms with Crippen molar-refractivity contribution in [2.45, 2.75) is 39.2 Å². The molecule has 2 aliphatic rings. The first-order valence-corrected chi connectivity index (χ1v) is 9.95. The lowest BCUT2D eigenvalue weighted by atomic mass is 9.72. The van der Waals surface area contributed by atoms with Crippen LogP contribution in [0.3, 0.4) is 0 Å². The van der Waals surface area contributed by atoms with Gasteiger partial charge in [-0.2, -0.15) is 0 Å². The van der Waals surface area contributed by atoms with Crippen molar-refractivity contribution in [3.63, 3.8) is 0 Å². The van der Waals surface area contributed by atoms with E-state index in [1.54, 1.807) is 4.90 Å². The highest BCUT2D eigenvalue weighted by Gasteiger charge is 2.46. The topological polar surface area (TPSA) is 111 Å². The molecule has 9 nitrogen and oxygen atoms in total. The Hall–Kier alpha value is -2.16. The molecule has 0 radical (unpaired) electrons. The minimum Gasteiger partial charge on any atom is -0.350 e. The maximum atomic E-state index is 12.5. The van der Waals surface area contributed by atoms with Crippen molar-refractivity contribution in [2.75, 3.05) is 46.3 Å². The average molecular weight is 396 g/mol. The maximum Gasteiger partial charge on any atom is 0.243 e. The molecule has 2 aliphatic heterocycles. The van der Waals surface area contributed by atoms with Crippen LogP contribution in [0.4, 0.5) is 0 Å². The number of hydrogen-bond acceptors (Lipinski definition) is 5. The van der Waals surface area contributed by atoms with Crippen LogP contribution in [0.1, 0.15) is 33.1 Å². The normalized spacial score (nSPS) is 19.6. The van der Waals surface area contributed by atoms with Gasteiger partial charge in [0.2, 0.25) is 24.1 Å². The van der Waals surface area contributed by atoms with Gasteiger partial charge in [0.15, 0.2) is 0 Å². The van der Waals surface area contributed by atoms with Crippen molar-refractivity contribution in [1.82, 2.24) is 25.8 Å². The summed E-state index contributed by atoms with van der Waals surface area (Å²) in [6.07, 6.45) is 3.10. The zero-order chi connectivity index (χ0) is 20.7. The van der Waals surface area contributed by atoms with Gasteiger partial charge in [0.05, 0.1) is 13.1 Å². The number of amides is 4. The second kappa shape index (κ2) is 9.86. The van der Waals surface area contributed by atoms with Crippen LogP contribution in [-0.4, -0.2) is 86.3 Å². The minimum atomic E-state index is -0.731. The fourth-order valence-electron chi connectivity index (χ4n) is 3.83. The van der Waals surface area contributed by atoms with Crippen LogP contribution in [0, 0.1) is 11.3 Å². The Morgan fingerprint density at radius 3 is 2.32 bits per heavy atom. The molecular formula is C19H33N5O4. The molecule has 0 bridgehead atoms. The molecule has 0 aromatic heterocycles. The lowest BCUT2D eigenvalue weighted by Gasteiger charge is -2.53. The van der Waals surface area contributed by atoms with Gasteiger partial charge >= 0.3 is 0 Å². The van der Waals surface area contributed by atoms with Crippen molar-refractivity contribution >= 4 is 24.1 Å². The van der Waals surface area contributed by atoms with Crippen molar-refractivity contribution in [2.24, 2.45) is 11.3 Å². The van der Waals surface area contributed by atoms with Crippen LogP contribution in [0.5, 0.6) is 0 Å².